The van der Waals surface area contributed by atoms with Gasteiger partial charge in [-0.05, 0) is 49.2 Å². The van der Waals surface area contributed by atoms with Crippen LogP contribution in [0.5, 0.6) is 11.5 Å². The molecule has 3 nitrogen and oxygen atoms in total. The summed E-state index contributed by atoms with van der Waals surface area (Å²) < 4.78 is 19.7. The number of nitrogens with one attached hydrogen (secondary N) is 1. The molecule has 1 heterocycles. The summed E-state index contributed by atoms with van der Waals surface area (Å²) in [6.07, 6.45) is 1.68. The Morgan fingerprint density at radius 3 is 2.71 bits per heavy atom. The summed E-state index contributed by atoms with van der Waals surface area (Å²) in [5.41, 5.74) is 1.64. The van der Waals surface area contributed by atoms with Crippen LogP contribution in [0.15, 0.2) is 36.5 Å². The van der Waals surface area contributed by atoms with Crippen molar-refractivity contribution in [3.8, 4) is 11.5 Å². The van der Waals surface area contributed by atoms with Gasteiger partial charge >= 0.3 is 0 Å². The molecular weight excluding hydrogens is 267 g/mol. The molecule has 2 aromatic rings. The van der Waals surface area contributed by atoms with Crippen LogP contribution in [-0.2, 0) is 6.54 Å². The van der Waals surface area contributed by atoms with Gasteiger partial charge in [0, 0.05) is 12.7 Å². The van der Waals surface area contributed by atoms with Crippen LogP contribution in [0.3, 0.4) is 0 Å². The van der Waals surface area contributed by atoms with Gasteiger partial charge in [-0.15, -0.1) is 0 Å². The zero-order chi connectivity index (χ0) is 15.2. The van der Waals surface area contributed by atoms with Gasteiger partial charge in [0.05, 0.1) is 5.69 Å². The molecule has 0 aliphatic rings. The molecule has 2 rings (SSSR count). The highest BCUT2D eigenvalue weighted by molar-refractivity contribution is 5.35. The van der Waals surface area contributed by atoms with E-state index in [-0.39, 0.29) is 11.6 Å². The van der Waals surface area contributed by atoms with Crippen molar-refractivity contribution in [1.29, 1.82) is 0 Å². The zero-order valence-electron chi connectivity index (χ0n) is 12.7. The molecule has 112 valence electrons. The van der Waals surface area contributed by atoms with E-state index in [1.165, 1.54) is 6.07 Å². The standard InChI is InChI=1S/C17H21FN2O/c1-12(2)10-19-11-14-6-7-17(15(18)9-14)21-16-5-4-8-20-13(16)3/h4-9,12,19H,10-11H2,1-3H3. The van der Waals surface area contributed by atoms with Gasteiger partial charge in [-0.25, -0.2) is 4.39 Å². The number of halogens is 1. The second-order valence-electron chi connectivity index (χ2n) is 5.48. The summed E-state index contributed by atoms with van der Waals surface area (Å²) in [5, 5.41) is 3.29. The van der Waals surface area contributed by atoms with Gasteiger partial charge in [0.2, 0.25) is 0 Å². The van der Waals surface area contributed by atoms with Crippen LogP contribution in [0.1, 0.15) is 25.1 Å². The van der Waals surface area contributed by atoms with E-state index in [4.69, 9.17) is 4.74 Å². The van der Waals surface area contributed by atoms with E-state index in [1.807, 2.05) is 13.0 Å². The fourth-order valence-electron chi connectivity index (χ4n) is 1.94. The molecule has 0 aliphatic heterocycles. The van der Waals surface area contributed by atoms with Crippen LogP contribution in [0.2, 0.25) is 0 Å². The Balaban J connectivity index is 2.04. The van der Waals surface area contributed by atoms with E-state index >= 15 is 0 Å². The van der Waals surface area contributed by atoms with E-state index < -0.39 is 0 Å². The highest BCUT2D eigenvalue weighted by Gasteiger charge is 2.08. The fraction of sp³-hybridized carbons (Fsp3) is 0.353. The van der Waals surface area contributed by atoms with Crippen molar-refractivity contribution >= 4 is 0 Å². The molecule has 0 amide bonds. The number of aryl methyl sites for hydroxylation is 1. The first kappa shape index (κ1) is 15.4. The molecule has 1 N–H and O–H groups in total. The molecule has 0 fully saturated rings. The van der Waals surface area contributed by atoms with Crippen LogP contribution in [-0.4, -0.2) is 11.5 Å². The Morgan fingerprint density at radius 2 is 2.05 bits per heavy atom. The molecule has 0 saturated heterocycles. The molecular formula is C17H21FN2O. The molecule has 0 atom stereocenters. The minimum absolute atomic E-state index is 0.221. The second-order valence-corrected chi connectivity index (χ2v) is 5.48. The Labute approximate surface area is 125 Å². The fourth-order valence-corrected chi connectivity index (χ4v) is 1.94. The lowest BCUT2D eigenvalue weighted by molar-refractivity contribution is 0.436. The van der Waals surface area contributed by atoms with Crippen LogP contribution >= 0.6 is 0 Å². The van der Waals surface area contributed by atoms with Gasteiger partial charge in [-0.3, -0.25) is 4.98 Å². The van der Waals surface area contributed by atoms with Crippen molar-refractivity contribution in [2.75, 3.05) is 6.54 Å². The smallest absolute Gasteiger partial charge is 0.166 e. The molecule has 4 heteroatoms. The maximum atomic E-state index is 14.1. The number of pyridine rings is 1. The first-order valence-corrected chi connectivity index (χ1v) is 7.15. The molecule has 1 aromatic carbocycles. The van der Waals surface area contributed by atoms with Gasteiger partial charge in [0.1, 0.15) is 5.75 Å². The molecule has 0 saturated carbocycles. The predicted molar refractivity (Wildman–Crippen MR) is 82.0 cm³/mol. The lowest BCUT2D eigenvalue weighted by Crippen LogP contribution is -2.18. The highest BCUT2D eigenvalue weighted by Crippen LogP contribution is 2.26. The van der Waals surface area contributed by atoms with E-state index in [0.29, 0.717) is 18.2 Å². The molecule has 0 radical (unpaired) electrons. The second kappa shape index (κ2) is 7.18. The van der Waals surface area contributed by atoms with Crippen molar-refractivity contribution in [1.82, 2.24) is 10.3 Å². The normalized spacial score (nSPS) is 10.9. The summed E-state index contributed by atoms with van der Waals surface area (Å²) in [5.74, 6) is 1.01. The number of hydrogen-bond donors (Lipinski definition) is 1. The van der Waals surface area contributed by atoms with E-state index in [1.54, 1.807) is 24.4 Å². The van der Waals surface area contributed by atoms with Gasteiger partial charge in [-0.1, -0.05) is 19.9 Å². The van der Waals surface area contributed by atoms with Crippen molar-refractivity contribution < 1.29 is 9.13 Å². The zero-order valence-corrected chi connectivity index (χ0v) is 12.7. The quantitative estimate of drug-likeness (QED) is 0.870. The Bertz CT molecular complexity index is 599. The molecule has 0 unspecified atom stereocenters. The summed E-state index contributed by atoms with van der Waals surface area (Å²) in [6.45, 7) is 7.68. The highest BCUT2D eigenvalue weighted by atomic mass is 19.1. The van der Waals surface area contributed by atoms with Crippen LogP contribution < -0.4 is 10.1 Å². The van der Waals surface area contributed by atoms with Gasteiger partial charge in [-0.2, -0.15) is 0 Å². The minimum atomic E-state index is -0.359. The topological polar surface area (TPSA) is 34.1 Å². The van der Waals surface area contributed by atoms with Crippen molar-refractivity contribution in [2.45, 2.75) is 27.3 Å². The van der Waals surface area contributed by atoms with Crippen LogP contribution in [0.4, 0.5) is 4.39 Å². The van der Waals surface area contributed by atoms with Gasteiger partial charge < -0.3 is 10.1 Å². The first-order chi connectivity index (χ1) is 10.1. The summed E-state index contributed by atoms with van der Waals surface area (Å²) in [7, 11) is 0. The molecule has 21 heavy (non-hydrogen) atoms. The molecule has 0 aliphatic carbocycles. The third kappa shape index (κ3) is 4.53. The molecule has 1 aromatic heterocycles. The van der Waals surface area contributed by atoms with Crippen molar-refractivity contribution in [2.24, 2.45) is 5.92 Å². The molecule has 0 spiro atoms. The first-order valence-electron chi connectivity index (χ1n) is 7.15. The molecule has 0 bridgehead atoms. The summed E-state index contributed by atoms with van der Waals surface area (Å²) in [4.78, 5) is 4.12. The average molecular weight is 288 g/mol. The predicted octanol–water partition coefficient (Wildman–Crippen LogP) is 4.07. The Morgan fingerprint density at radius 1 is 1.24 bits per heavy atom. The van der Waals surface area contributed by atoms with Crippen LogP contribution in [0, 0.1) is 18.7 Å². The van der Waals surface area contributed by atoms with Crippen molar-refractivity contribution in [3.63, 3.8) is 0 Å². The number of hydrogen-bond acceptors (Lipinski definition) is 3. The lowest BCUT2D eigenvalue weighted by Gasteiger charge is -2.11. The maximum absolute atomic E-state index is 14.1. The van der Waals surface area contributed by atoms with E-state index in [2.05, 4.69) is 24.1 Å². The number of benzene rings is 1. The van der Waals surface area contributed by atoms with Gasteiger partial charge in [0.25, 0.3) is 0 Å². The Hall–Kier alpha value is -1.94. The number of nitrogens with zero attached hydrogens (tertiary/aromatic N) is 1. The summed E-state index contributed by atoms with van der Waals surface area (Å²) >= 11 is 0. The number of ether oxygens (including phenoxy) is 1. The minimum Gasteiger partial charge on any atom is -0.452 e. The third-order valence-electron chi connectivity index (χ3n) is 3.06. The number of rotatable bonds is 6. The van der Waals surface area contributed by atoms with E-state index in [9.17, 15) is 4.39 Å². The lowest BCUT2D eigenvalue weighted by atomic mass is 10.2. The maximum Gasteiger partial charge on any atom is 0.166 e. The average Bonchev–Trinajstić information content (AvgIpc) is 2.43. The van der Waals surface area contributed by atoms with E-state index in [0.717, 1.165) is 17.8 Å². The SMILES string of the molecule is Cc1ncccc1Oc1ccc(CNCC(C)C)cc1F. The van der Waals surface area contributed by atoms with Crippen molar-refractivity contribution in [3.05, 3.63) is 53.6 Å². The third-order valence-corrected chi connectivity index (χ3v) is 3.06. The summed E-state index contributed by atoms with van der Waals surface area (Å²) in [6, 6.07) is 8.59. The van der Waals surface area contributed by atoms with Gasteiger partial charge in [0.15, 0.2) is 11.6 Å². The largest absolute Gasteiger partial charge is 0.452 e. The monoisotopic (exact) mass is 288 g/mol. The number of aromatic nitrogens is 1. The Kier molecular flexibility index (Phi) is 5.28. The van der Waals surface area contributed by atoms with Crippen LogP contribution in [0.25, 0.3) is 0 Å².